The van der Waals surface area contributed by atoms with Crippen LogP contribution in [0.15, 0.2) is 36.4 Å². The Hall–Kier alpha value is -3.22. The lowest BCUT2D eigenvalue weighted by atomic mass is 10.1. The monoisotopic (exact) mass is 289 g/mol. The molecule has 0 aliphatic carbocycles. The summed E-state index contributed by atoms with van der Waals surface area (Å²) < 4.78 is 5.37. The van der Waals surface area contributed by atoms with Crippen LogP contribution in [0.4, 0.5) is 5.69 Å². The second kappa shape index (κ2) is 5.41. The predicted molar refractivity (Wildman–Crippen MR) is 73.0 cm³/mol. The van der Waals surface area contributed by atoms with Gasteiger partial charge in [0, 0.05) is 6.07 Å². The fraction of sp³-hybridized carbons (Fsp3) is 0. The van der Waals surface area contributed by atoms with E-state index in [9.17, 15) is 14.7 Å². The van der Waals surface area contributed by atoms with Crippen molar-refractivity contribution in [2.45, 2.75) is 0 Å². The number of aromatic carboxylic acids is 2. The van der Waals surface area contributed by atoms with E-state index < -0.39 is 11.9 Å². The van der Waals surface area contributed by atoms with Gasteiger partial charge in [0.2, 0.25) is 0 Å². The molecule has 0 bridgehead atoms. The van der Waals surface area contributed by atoms with E-state index in [2.05, 4.69) is 0 Å². The van der Waals surface area contributed by atoms with Crippen molar-refractivity contribution in [3.8, 4) is 17.2 Å². The third-order valence-corrected chi connectivity index (χ3v) is 2.69. The number of anilines is 1. The van der Waals surface area contributed by atoms with Gasteiger partial charge in [-0.2, -0.15) is 0 Å². The minimum absolute atomic E-state index is 0.126. The Morgan fingerprint density at radius 2 is 1.48 bits per heavy atom. The molecule has 0 fully saturated rings. The van der Waals surface area contributed by atoms with Crippen LogP contribution in [0.2, 0.25) is 0 Å². The average molecular weight is 289 g/mol. The summed E-state index contributed by atoms with van der Waals surface area (Å²) in [5.74, 6) is -2.53. The molecule has 2 aromatic rings. The number of nitrogen functional groups attached to an aromatic ring is 1. The fourth-order valence-electron chi connectivity index (χ4n) is 1.67. The summed E-state index contributed by atoms with van der Waals surface area (Å²) in [6.45, 7) is 0. The van der Waals surface area contributed by atoms with Gasteiger partial charge in [-0.15, -0.1) is 0 Å². The Morgan fingerprint density at radius 1 is 0.905 bits per heavy atom. The van der Waals surface area contributed by atoms with Crippen molar-refractivity contribution in [2.24, 2.45) is 0 Å². The molecule has 0 aliphatic rings. The minimum Gasteiger partial charge on any atom is -0.506 e. The highest BCUT2D eigenvalue weighted by atomic mass is 16.5. The number of aromatic hydroxyl groups is 1. The van der Waals surface area contributed by atoms with Gasteiger partial charge < -0.3 is 25.8 Å². The van der Waals surface area contributed by atoms with E-state index in [0.717, 1.165) is 12.1 Å². The highest BCUT2D eigenvalue weighted by Crippen LogP contribution is 2.29. The summed E-state index contributed by atoms with van der Waals surface area (Å²) >= 11 is 0. The van der Waals surface area contributed by atoms with E-state index in [1.165, 1.54) is 24.3 Å². The van der Waals surface area contributed by atoms with E-state index >= 15 is 0 Å². The molecule has 0 radical (unpaired) electrons. The SMILES string of the molecule is Nc1ccc(Oc2ccc(C(=O)O)c(C(=O)O)c2)cc1O. The van der Waals surface area contributed by atoms with Crippen molar-refractivity contribution in [1.82, 2.24) is 0 Å². The fourth-order valence-corrected chi connectivity index (χ4v) is 1.67. The lowest BCUT2D eigenvalue weighted by Crippen LogP contribution is -2.07. The van der Waals surface area contributed by atoms with Gasteiger partial charge in [-0.1, -0.05) is 0 Å². The number of hydrogen-bond acceptors (Lipinski definition) is 5. The lowest BCUT2D eigenvalue weighted by Gasteiger charge is -2.09. The maximum Gasteiger partial charge on any atom is 0.336 e. The number of phenolic OH excluding ortho intramolecular Hbond substituents is 1. The predicted octanol–water partition coefficient (Wildman–Crippen LogP) is 2.16. The van der Waals surface area contributed by atoms with Crippen molar-refractivity contribution >= 4 is 17.6 Å². The molecule has 0 aliphatic heterocycles. The number of carbonyl (C=O) groups is 2. The van der Waals surface area contributed by atoms with E-state index in [0.29, 0.717) is 0 Å². The normalized spacial score (nSPS) is 10.1. The quantitative estimate of drug-likeness (QED) is 0.501. The van der Waals surface area contributed by atoms with Crippen LogP contribution >= 0.6 is 0 Å². The first kappa shape index (κ1) is 14.2. The van der Waals surface area contributed by atoms with Gasteiger partial charge >= 0.3 is 11.9 Å². The molecule has 108 valence electrons. The molecule has 2 rings (SSSR count). The summed E-state index contributed by atoms with van der Waals surface area (Å²) in [6, 6.07) is 7.73. The molecule has 0 heterocycles. The van der Waals surface area contributed by atoms with Crippen LogP contribution in [0, 0.1) is 0 Å². The summed E-state index contributed by atoms with van der Waals surface area (Å²) in [5, 5.41) is 27.4. The molecule has 0 saturated carbocycles. The van der Waals surface area contributed by atoms with Crippen LogP contribution < -0.4 is 10.5 Å². The van der Waals surface area contributed by atoms with Gasteiger partial charge in [0.25, 0.3) is 0 Å². The van der Waals surface area contributed by atoms with Crippen LogP contribution in [0.3, 0.4) is 0 Å². The Labute approximate surface area is 118 Å². The number of rotatable bonds is 4. The first-order chi connectivity index (χ1) is 9.88. The van der Waals surface area contributed by atoms with Crippen LogP contribution in [0.5, 0.6) is 17.2 Å². The number of hydrogen-bond donors (Lipinski definition) is 4. The number of carboxylic acid groups (broad SMARTS) is 2. The molecule has 0 aromatic heterocycles. The van der Waals surface area contributed by atoms with E-state index in [1.54, 1.807) is 0 Å². The van der Waals surface area contributed by atoms with Crippen molar-refractivity contribution in [2.75, 3.05) is 5.73 Å². The Balaban J connectivity index is 2.36. The topological polar surface area (TPSA) is 130 Å². The molecule has 21 heavy (non-hydrogen) atoms. The van der Waals surface area contributed by atoms with Crippen molar-refractivity contribution in [3.63, 3.8) is 0 Å². The number of ether oxygens (including phenoxy) is 1. The molecular formula is C14H11NO6. The van der Waals surface area contributed by atoms with Gasteiger partial charge in [-0.05, 0) is 30.3 Å². The van der Waals surface area contributed by atoms with Crippen molar-refractivity contribution in [3.05, 3.63) is 47.5 Å². The molecule has 2 aromatic carbocycles. The second-order valence-electron chi connectivity index (χ2n) is 4.14. The van der Waals surface area contributed by atoms with Crippen LogP contribution in [0.1, 0.15) is 20.7 Å². The number of phenols is 1. The highest BCUT2D eigenvalue weighted by Gasteiger charge is 2.17. The molecule has 0 atom stereocenters. The number of carboxylic acids is 2. The molecule has 0 saturated heterocycles. The average Bonchev–Trinajstić information content (AvgIpc) is 2.42. The molecule has 0 spiro atoms. The van der Waals surface area contributed by atoms with E-state index in [1.807, 2.05) is 0 Å². The Bertz CT molecular complexity index is 725. The van der Waals surface area contributed by atoms with Crippen molar-refractivity contribution < 1.29 is 29.6 Å². The molecule has 7 heteroatoms. The molecule has 0 amide bonds. The van der Waals surface area contributed by atoms with Crippen LogP contribution in [0.25, 0.3) is 0 Å². The minimum atomic E-state index is -1.38. The number of nitrogens with two attached hydrogens (primary N) is 1. The summed E-state index contributed by atoms with van der Waals surface area (Å²) in [4.78, 5) is 22.0. The van der Waals surface area contributed by atoms with Gasteiger partial charge in [-0.3, -0.25) is 0 Å². The Morgan fingerprint density at radius 3 is 2.05 bits per heavy atom. The summed E-state index contributed by atoms with van der Waals surface area (Å²) in [6.07, 6.45) is 0. The van der Waals surface area contributed by atoms with Gasteiger partial charge in [0.05, 0.1) is 16.8 Å². The highest BCUT2D eigenvalue weighted by molar-refractivity contribution is 6.02. The zero-order valence-electron chi connectivity index (χ0n) is 10.6. The zero-order valence-corrected chi connectivity index (χ0v) is 10.6. The van der Waals surface area contributed by atoms with Crippen molar-refractivity contribution in [1.29, 1.82) is 0 Å². The third kappa shape index (κ3) is 3.03. The first-order valence-electron chi connectivity index (χ1n) is 5.75. The van der Waals surface area contributed by atoms with Gasteiger partial charge in [-0.25, -0.2) is 9.59 Å². The van der Waals surface area contributed by atoms with E-state index in [-0.39, 0.29) is 34.1 Å². The van der Waals surface area contributed by atoms with E-state index in [4.69, 9.17) is 20.7 Å². The van der Waals surface area contributed by atoms with Crippen LogP contribution in [-0.2, 0) is 0 Å². The molecular weight excluding hydrogens is 278 g/mol. The smallest absolute Gasteiger partial charge is 0.336 e. The lowest BCUT2D eigenvalue weighted by molar-refractivity contribution is 0.0651. The van der Waals surface area contributed by atoms with Gasteiger partial charge in [0.15, 0.2) is 0 Å². The largest absolute Gasteiger partial charge is 0.506 e. The maximum atomic E-state index is 11.1. The van der Waals surface area contributed by atoms with Gasteiger partial charge in [0.1, 0.15) is 17.2 Å². The molecule has 7 nitrogen and oxygen atoms in total. The Kier molecular flexibility index (Phi) is 3.66. The summed E-state index contributed by atoms with van der Waals surface area (Å²) in [5.41, 5.74) is 4.90. The molecule has 5 N–H and O–H groups in total. The summed E-state index contributed by atoms with van der Waals surface area (Å²) in [7, 11) is 0. The number of benzene rings is 2. The third-order valence-electron chi connectivity index (χ3n) is 2.69. The zero-order chi connectivity index (χ0) is 15.6. The standard InChI is InChI=1S/C14H11NO6/c15-11-4-2-8(6-12(11)16)21-7-1-3-9(13(17)18)10(5-7)14(19)20/h1-6,16H,15H2,(H,17,18)(H,19,20). The second-order valence-corrected chi connectivity index (χ2v) is 4.14. The molecule has 0 unspecified atom stereocenters. The van der Waals surface area contributed by atoms with Crippen LogP contribution in [-0.4, -0.2) is 27.3 Å². The first-order valence-corrected chi connectivity index (χ1v) is 5.75. The maximum absolute atomic E-state index is 11.1.